The molecular formula is C24H24Cl2N2O6S. The SMILES string of the molecule is COc1ccc([C@@H](C)NC(=O)COc2ccc(S(=O)(=O)Nc3ccc(Cl)cc3)cc2Cl)cc1OC. The molecule has 3 rings (SSSR count). The van der Waals surface area contributed by atoms with Gasteiger partial charge in [0.1, 0.15) is 5.75 Å². The number of nitrogens with one attached hydrogen (secondary N) is 2. The second kappa shape index (κ2) is 11.5. The number of sulfonamides is 1. The fraction of sp³-hybridized carbons (Fsp3) is 0.208. The Labute approximate surface area is 214 Å². The van der Waals surface area contributed by atoms with Crippen molar-refractivity contribution in [2.24, 2.45) is 0 Å². The first-order valence-corrected chi connectivity index (χ1v) is 12.6. The zero-order chi connectivity index (χ0) is 25.6. The van der Waals surface area contributed by atoms with Crippen molar-refractivity contribution >= 4 is 44.8 Å². The van der Waals surface area contributed by atoms with Gasteiger partial charge in [-0.3, -0.25) is 9.52 Å². The molecule has 0 bridgehead atoms. The van der Waals surface area contributed by atoms with Crippen molar-refractivity contribution in [2.45, 2.75) is 17.9 Å². The van der Waals surface area contributed by atoms with Gasteiger partial charge < -0.3 is 19.5 Å². The van der Waals surface area contributed by atoms with E-state index in [1.54, 1.807) is 43.5 Å². The van der Waals surface area contributed by atoms with E-state index in [4.69, 9.17) is 37.4 Å². The summed E-state index contributed by atoms with van der Waals surface area (Å²) >= 11 is 12.0. The maximum atomic E-state index is 12.6. The van der Waals surface area contributed by atoms with E-state index in [0.717, 1.165) is 5.56 Å². The molecule has 0 heterocycles. The van der Waals surface area contributed by atoms with Gasteiger partial charge in [0.15, 0.2) is 18.1 Å². The standard InChI is InChI=1S/C24H24Cl2N2O6S/c1-15(16-4-10-22(32-2)23(12-16)33-3)27-24(29)14-34-21-11-9-19(13-20(21)26)35(30,31)28-18-7-5-17(25)6-8-18/h4-13,15,28H,14H2,1-3H3,(H,27,29)/t15-/m1/s1. The maximum absolute atomic E-state index is 12.6. The number of rotatable bonds is 10. The lowest BCUT2D eigenvalue weighted by Crippen LogP contribution is -2.31. The lowest BCUT2D eigenvalue weighted by atomic mass is 10.1. The first-order chi connectivity index (χ1) is 16.6. The van der Waals surface area contributed by atoms with Gasteiger partial charge in [-0.25, -0.2) is 8.42 Å². The Balaban J connectivity index is 1.60. The van der Waals surface area contributed by atoms with Crippen LogP contribution in [0.15, 0.2) is 65.6 Å². The monoisotopic (exact) mass is 538 g/mol. The number of halogens is 2. The molecule has 1 atom stereocenters. The highest BCUT2D eigenvalue weighted by atomic mass is 35.5. The molecule has 0 saturated heterocycles. The number of hydrogen-bond acceptors (Lipinski definition) is 6. The first-order valence-electron chi connectivity index (χ1n) is 10.3. The van der Waals surface area contributed by atoms with E-state index in [1.807, 2.05) is 13.0 Å². The molecule has 0 aliphatic carbocycles. The second-order valence-electron chi connectivity index (χ2n) is 7.40. The molecule has 0 aliphatic heterocycles. The molecule has 186 valence electrons. The predicted molar refractivity (Wildman–Crippen MR) is 135 cm³/mol. The Bertz CT molecular complexity index is 1300. The molecular weight excluding hydrogens is 515 g/mol. The molecule has 0 spiro atoms. The van der Waals surface area contributed by atoms with Gasteiger partial charge in [-0.1, -0.05) is 29.3 Å². The number of amides is 1. The molecule has 0 saturated carbocycles. The van der Waals surface area contributed by atoms with Crippen LogP contribution in [-0.2, 0) is 14.8 Å². The van der Waals surface area contributed by atoms with Gasteiger partial charge in [-0.15, -0.1) is 0 Å². The van der Waals surface area contributed by atoms with E-state index in [0.29, 0.717) is 22.2 Å². The summed E-state index contributed by atoms with van der Waals surface area (Å²) in [7, 11) is -0.806. The normalized spacial score (nSPS) is 11.9. The molecule has 0 aliphatic rings. The van der Waals surface area contributed by atoms with Crippen molar-refractivity contribution in [2.75, 3.05) is 25.5 Å². The van der Waals surface area contributed by atoms with Gasteiger partial charge in [0.25, 0.3) is 15.9 Å². The minimum absolute atomic E-state index is 0.0460. The number of methoxy groups -OCH3 is 2. The Morgan fingerprint density at radius 2 is 1.57 bits per heavy atom. The molecule has 8 nitrogen and oxygen atoms in total. The molecule has 0 radical (unpaired) electrons. The van der Waals surface area contributed by atoms with Crippen LogP contribution >= 0.6 is 23.2 Å². The summed E-state index contributed by atoms with van der Waals surface area (Å²) < 4.78 is 43.7. The van der Waals surface area contributed by atoms with Crippen molar-refractivity contribution in [3.05, 3.63) is 76.3 Å². The van der Waals surface area contributed by atoms with Crippen LogP contribution < -0.4 is 24.2 Å². The number of carbonyl (C=O) groups excluding carboxylic acids is 1. The quantitative estimate of drug-likeness (QED) is 0.373. The largest absolute Gasteiger partial charge is 0.493 e. The average Bonchev–Trinajstić information content (AvgIpc) is 2.84. The third kappa shape index (κ3) is 6.94. The van der Waals surface area contributed by atoms with Crippen molar-refractivity contribution in [3.63, 3.8) is 0 Å². The zero-order valence-corrected chi connectivity index (χ0v) is 21.5. The minimum Gasteiger partial charge on any atom is -0.493 e. The van der Waals surface area contributed by atoms with Gasteiger partial charge in [0.05, 0.1) is 30.2 Å². The molecule has 1 amide bonds. The van der Waals surface area contributed by atoms with Gasteiger partial charge in [0, 0.05) is 10.7 Å². The van der Waals surface area contributed by atoms with Crippen LogP contribution in [0, 0.1) is 0 Å². The smallest absolute Gasteiger partial charge is 0.261 e. The van der Waals surface area contributed by atoms with Crippen molar-refractivity contribution in [1.82, 2.24) is 5.32 Å². The first kappa shape index (κ1) is 26.5. The number of hydrogen-bond donors (Lipinski definition) is 2. The highest BCUT2D eigenvalue weighted by molar-refractivity contribution is 7.92. The number of benzene rings is 3. The van der Waals surface area contributed by atoms with Gasteiger partial charge in [0.2, 0.25) is 0 Å². The maximum Gasteiger partial charge on any atom is 0.261 e. The summed E-state index contributed by atoms with van der Waals surface area (Å²) in [6, 6.07) is 15.2. The van der Waals surface area contributed by atoms with Gasteiger partial charge >= 0.3 is 0 Å². The molecule has 0 unspecified atom stereocenters. The van der Waals surface area contributed by atoms with Crippen molar-refractivity contribution < 1.29 is 27.4 Å². The second-order valence-corrected chi connectivity index (χ2v) is 9.92. The van der Waals surface area contributed by atoms with E-state index in [9.17, 15) is 13.2 Å². The highest BCUT2D eigenvalue weighted by Crippen LogP contribution is 2.30. The highest BCUT2D eigenvalue weighted by Gasteiger charge is 2.18. The Morgan fingerprint density at radius 3 is 2.20 bits per heavy atom. The summed E-state index contributed by atoms with van der Waals surface area (Å²) in [5.41, 5.74) is 1.17. The summed E-state index contributed by atoms with van der Waals surface area (Å²) in [6.07, 6.45) is 0. The topological polar surface area (TPSA) is 103 Å². The molecule has 11 heteroatoms. The van der Waals surface area contributed by atoms with E-state index >= 15 is 0 Å². The molecule has 0 fully saturated rings. The van der Waals surface area contributed by atoms with Crippen LogP contribution in [0.3, 0.4) is 0 Å². The number of anilines is 1. The molecule has 35 heavy (non-hydrogen) atoms. The Morgan fingerprint density at radius 1 is 0.914 bits per heavy atom. The van der Waals surface area contributed by atoms with Crippen LogP contribution in [0.4, 0.5) is 5.69 Å². The van der Waals surface area contributed by atoms with Crippen LogP contribution in [0.2, 0.25) is 10.0 Å². The van der Waals surface area contributed by atoms with Crippen molar-refractivity contribution in [3.8, 4) is 17.2 Å². The summed E-state index contributed by atoms with van der Waals surface area (Å²) in [5.74, 6) is 0.923. The molecule has 3 aromatic rings. The molecule has 2 N–H and O–H groups in total. The summed E-state index contributed by atoms with van der Waals surface area (Å²) in [6.45, 7) is 1.51. The van der Waals surface area contributed by atoms with Crippen LogP contribution in [-0.4, -0.2) is 35.2 Å². The number of ether oxygens (including phenoxy) is 3. The fourth-order valence-electron chi connectivity index (χ4n) is 3.13. The Kier molecular flexibility index (Phi) is 8.71. The molecule has 0 aromatic heterocycles. The van der Waals surface area contributed by atoms with E-state index < -0.39 is 10.0 Å². The van der Waals surface area contributed by atoms with Crippen molar-refractivity contribution in [1.29, 1.82) is 0 Å². The van der Waals surface area contributed by atoms with Crippen LogP contribution in [0.1, 0.15) is 18.5 Å². The minimum atomic E-state index is -3.89. The average molecular weight is 539 g/mol. The third-order valence-corrected chi connectivity index (χ3v) is 6.88. The van der Waals surface area contributed by atoms with E-state index in [1.165, 1.54) is 25.3 Å². The summed E-state index contributed by atoms with van der Waals surface area (Å²) in [4.78, 5) is 12.3. The molecule has 3 aromatic carbocycles. The van der Waals surface area contributed by atoms with E-state index in [2.05, 4.69) is 10.0 Å². The summed E-state index contributed by atoms with van der Waals surface area (Å²) in [5, 5.41) is 3.35. The lowest BCUT2D eigenvalue weighted by molar-refractivity contribution is -0.123. The van der Waals surface area contributed by atoms with Crippen LogP contribution in [0.25, 0.3) is 0 Å². The predicted octanol–water partition coefficient (Wildman–Crippen LogP) is 5.07. The fourth-order valence-corrected chi connectivity index (χ4v) is 4.64. The van der Waals surface area contributed by atoms with E-state index in [-0.39, 0.29) is 34.2 Å². The third-order valence-electron chi connectivity index (χ3n) is 4.95. The number of carbonyl (C=O) groups is 1. The van der Waals surface area contributed by atoms with Gasteiger partial charge in [-0.2, -0.15) is 0 Å². The zero-order valence-electron chi connectivity index (χ0n) is 19.2. The van der Waals surface area contributed by atoms with Crippen LogP contribution in [0.5, 0.6) is 17.2 Å². The lowest BCUT2D eigenvalue weighted by Gasteiger charge is -2.17. The van der Waals surface area contributed by atoms with Gasteiger partial charge in [-0.05, 0) is 67.1 Å². The Hall–Kier alpha value is -3.14.